The molecule has 0 aliphatic carbocycles. The third-order valence-corrected chi connectivity index (χ3v) is 6.05. The van der Waals surface area contributed by atoms with Gasteiger partial charge in [-0.2, -0.15) is 0 Å². The van der Waals surface area contributed by atoms with Crippen LogP contribution in [0.2, 0.25) is 5.02 Å². The number of nitrogens with zero attached hydrogens (tertiary/aromatic N) is 5. The second kappa shape index (κ2) is 7.86. The Kier molecular flexibility index (Phi) is 4.98. The highest BCUT2D eigenvalue weighted by Gasteiger charge is 2.24. The summed E-state index contributed by atoms with van der Waals surface area (Å²) in [6.07, 6.45) is 5.31. The molecule has 0 saturated carbocycles. The molecule has 0 spiro atoms. The number of anilines is 2. The maximum Gasteiger partial charge on any atom is 0.341 e. The molecule has 1 aliphatic rings. The third kappa shape index (κ3) is 3.56. The quantitative estimate of drug-likeness (QED) is 0.475. The summed E-state index contributed by atoms with van der Waals surface area (Å²) in [5.74, 6) is -0.495. The molecule has 33 heavy (non-hydrogen) atoms. The molecule has 0 aromatic carbocycles. The van der Waals surface area contributed by atoms with Crippen molar-refractivity contribution in [1.82, 2.24) is 19.5 Å². The molecule has 5 heterocycles. The molecule has 4 aromatic heterocycles. The number of aromatic carboxylic acids is 1. The van der Waals surface area contributed by atoms with Crippen molar-refractivity contribution in [2.24, 2.45) is 0 Å². The Labute approximate surface area is 193 Å². The van der Waals surface area contributed by atoms with Gasteiger partial charge in [0.05, 0.1) is 22.3 Å². The number of pyridine rings is 4. The summed E-state index contributed by atoms with van der Waals surface area (Å²) >= 11 is 6.57. The van der Waals surface area contributed by atoms with Gasteiger partial charge in [0.15, 0.2) is 5.65 Å². The molecule has 5 rings (SSSR count). The lowest BCUT2D eigenvalue weighted by atomic mass is 10.1. The topological polar surface area (TPSA) is 127 Å². The zero-order chi connectivity index (χ0) is 23.3. The van der Waals surface area contributed by atoms with Crippen molar-refractivity contribution in [3.8, 4) is 5.69 Å². The van der Waals surface area contributed by atoms with E-state index in [1.165, 1.54) is 18.5 Å². The molecule has 1 aliphatic heterocycles. The van der Waals surface area contributed by atoms with Crippen LogP contribution in [0.3, 0.4) is 0 Å². The van der Waals surface area contributed by atoms with Crippen molar-refractivity contribution in [2.75, 3.05) is 17.2 Å². The molecule has 4 aromatic rings. The molecular formula is C23H19ClN6O3. The third-order valence-electron chi connectivity index (χ3n) is 5.77. The second-order valence-corrected chi connectivity index (χ2v) is 8.30. The van der Waals surface area contributed by atoms with Gasteiger partial charge in [0.2, 0.25) is 5.43 Å². The number of carboxylic acid groups (broad SMARTS) is 1. The van der Waals surface area contributed by atoms with Gasteiger partial charge in [0.1, 0.15) is 17.2 Å². The first kappa shape index (κ1) is 20.9. The molecule has 166 valence electrons. The van der Waals surface area contributed by atoms with Crippen LogP contribution in [0.5, 0.6) is 0 Å². The van der Waals surface area contributed by atoms with Crippen LogP contribution in [0.25, 0.3) is 16.7 Å². The van der Waals surface area contributed by atoms with E-state index in [1.54, 1.807) is 16.8 Å². The molecule has 9 nitrogen and oxygen atoms in total. The second-order valence-electron chi connectivity index (χ2n) is 7.89. The summed E-state index contributed by atoms with van der Waals surface area (Å²) < 4.78 is 1.56. The number of hydrogen-bond acceptors (Lipinski definition) is 7. The molecule has 0 unspecified atom stereocenters. The van der Waals surface area contributed by atoms with Crippen LogP contribution in [0.4, 0.5) is 11.6 Å². The van der Waals surface area contributed by atoms with Gasteiger partial charge in [0.25, 0.3) is 0 Å². The summed E-state index contributed by atoms with van der Waals surface area (Å²) in [5.41, 5.74) is 8.48. The Morgan fingerprint density at radius 3 is 2.85 bits per heavy atom. The highest BCUT2D eigenvalue weighted by molar-refractivity contribution is 6.33. The van der Waals surface area contributed by atoms with Crippen molar-refractivity contribution in [3.05, 3.63) is 80.5 Å². The van der Waals surface area contributed by atoms with Gasteiger partial charge in [-0.3, -0.25) is 14.3 Å². The smallest absolute Gasteiger partial charge is 0.341 e. The van der Waals surface area contributed by atoms with Crippen molar-refractivity contribution >= 4 is 40.2 Å². The summed E-state index contributed by atoms with van der Waals surface area (Å²) in [4.78, 5) is 40.1. The first-order valence-electron chi connectivity index (χ1n) is 10.2. The Morgan fingerprint density at radius 1 is 1.27 bits per heavy atom. The maximum absolute atomic E-state index is 12.9. The van der Waals surface area contributed by atoms with Gasteiger partial charge >= 0.3 is 5.97 Å². The normalized spacial score (nSPS) is 13.2. The highest BCUT2D eigenvalue weighted by Crippen LogP contribution is 2.31. The summed E-state index contributed by atoms with van der Waals surface area (Å²) in [6.45, 7) is 3.05. The predicted molar refractivity (Wildman–Crippen MR) is 125 cm³/mol. The van der Waals surface area contributed by atoms with Crippen LogP contribution in [0.15, 0.2) is 47.7 Å². The van der Waals surface area contributed by atoms with E-state index in [4.69, 9.17) is 22.3 Å². The fourth-order valence-corrected chi connectivity index (χ4v) is 4.41. The van der Waals surface area contributed by atoms with Crippen LogP contribution in [-0.4, -0.2) is 37.1 Å². The van der Waals surface area contributed by atoms with Gasteiger partial charge in [-0.05, 0) is 36.2 Å². The Hall–Kier alpha value is -3.98. The van der Waals surface area contributed by atoms with Gasteiger partial charge in [-0.25, -0.2) is 14.8 Å². The number of nitrogen functional groups attached to an aromatic ring is 1. The standard InChI is InChI=1S/C23H19ClN6O3/c1-12-7-19(25)27-9-18(12)30-11-15(23(32)33)20(31)14-8-16(24)22(28-21(14)30)29-6-4-17-13(10-29)3-2-5-26-17/h2-3,5,7-9,11H,4,6,10H2,1H3,(H2,25,27)(H,32,33). The first-order valence-corrected chi connectivity index (χ1v) is 10.6. The molecule has 0 radical (unpaired) electrons. The number of fused-ring (bicyclic) bond motifs is 2. The Morgan fingerprint density at radius 2 is 2.09 bits per heavy atom. The van der Waals surface area contributed by atoms with Crippen LogP contribution in [-0.2, 0) is 13.0 Å². The van der Waals surface area contributed by atoms with Gasteiger partial charge in [0, 0.05) is 37.6 Å². The minimum Gasteiger partial charge on any atom is -0.477 e. The number of rotatable bonds is 3. The largest absolute Gasteiger partial charge is 0.477 e. The average molecular weight is 463 g/mol. The summed E-state index contributed by atoms with van der Waals surface area (Å²) in [7, 11) is 0. The number of aromatic nitrogens is 4. The van der Waals surface area contributed by atoms with E-state index in [0.717, 1.165) is 23.2 Å². The number of nitrogens with two attached hydrogens (primary N) is 1. The monoisotopic (exact) mass is 462 g/mol. The van der Waals surface area contributed by atoms with E-state index in [9.17, 15) is 14.7 Å². The molecule has 0 atom stereocenters. The zero-order valence-electron chi connectivity index (χ0n) is 17.6. The first-order chi connectivity index (χ1) is 15.8. The highest BCUT2D eigenvalue weighted by atomic mass is 35.5. The number of halogens is 1. The SMILES string of the molecule is Cc1cc(N)ncc1-n1cc(C(=O)O)c(=O)c2cc(Cl)c(N3CCc4ncccc4C3)nc21. The Bertz CT molecular complexity index is 1500. The fourth-order valence-electron chi connectivity index (χ4n) is 4.14. The lowest BCUT2D eigenvalue weighted by molar-refractivity contribution is 0.0695. The molecular weight excluding hydrogens is 444 g/mol. The van der Waals surface area contributed by atoms with Gasteiger partial charge in [-0.15, -0.1) is 0 Å². The molecule has 0 saturated heterocycles. The molecule has 0 bridgehead atoms. The van der Waals surface area contributed by atoms with Gasteiger partial charge in [-0.1, -0.05) is 17.7 Å². The van der Waals surface area contributed by atoms with Crippen LogP contribution < -0.4 is 16.1 Å². The molecule has 0 amide bonds. The molecule has 10 heteroatoms. The lowest BCUT2D eigenvalue weighted by Crippen LogP contribution is -2.32. The number of hydrogen-bond donors (Lipinski definition) is 2. The minimum atomic E-state index is -1.34. The van der Waals surface area contributed by atoms with E-state index in [-0.39, 0.29) is 21.6 Å². The maximum atomic E-state index is 12.9. The number of carboxylic acids is 1. The van der Waals surface area contributed by atoms with Crippen molar-refractivity contribution < 1.29 is 9.90 Å². The molecule has 0 fully saturated rings. The van der Waals surface area contributed by atoms with Crippen molar-refractivity contribution in [3.63, 3.8) is 0 Å². The van der Waals surface area contributed by atoms with Crippen LogP contribution in [0.1, 0.15) is 27.2 Å². The predicted octanol–water partition coefficient (Wildman–Crippen LogP) is 2.98. The Balaban J connectivity index is 1.75. The van der Waals surface area contributed by atoms with E-state index in [1.807, 2.05) is 24.0 Å². The number of aryl methyl sites for hydroxylation is 1. The van der Waals surface area contributed by atoms with E-state index < -0.39 is 11.4 Å². The zero-order valence-corrected chi connectivity index (χ0v) is 18.4. The fraction of sp³-hybridized carbons (Fsp3) is 0.174. The lowest BCUT2D eigenvalue weighted by Gasteiger charge is -2.30. The van der Waals surface area contributed by atoms with Crippen molar-refractivity contribution in [2.45, 2.75) is 19.9 Å². The average Bonchev–Trinajstić information content (AvgIpc) is 2.79. The van der Waals surface area contributed by atoms with Crippen LogP contribution >= 0.6 is 11.6 Å². The van der Waals surface area contributed by atoms with E-state index in [0.29, 0.717) is 30.4 Å². The minimum absolute atomic E-state index is 0.110. The van der Waals surface area contributed by atoms with Crippen LogP contribution in [0, 0.1) is 6.92 Å². The summed E-state index contributed by atoms with van der Waals surface area (Å²) in [6, 6.07) is 7.07. The summed E-state index contributed by atoms with van der Waals surface area (Å²) in [5, 5.41) is 10.00. The van der Waals surface area contributed by atoms with Crippen molar-refractivity contribution in [1.29, 1.82) is 0 Å². The van der Waals surface area contributed by atoms with E-state index in [2.05, 4.69) is 9.97 Å². The van der Waals surface area contributed by atoms with E-state index >= 15 is 0 Å². The number of carbonyl (C=O) groups is 1. The van der Waals surface area contributed by atoms with Gasteiger partial charge < -0.3 is 15.7 Å². The molecule has 3 N–H and O–H groups in total.